The number of benzene rings is 3. The molecule has 3 nitrogen and oxygen atoms in total. The number of aliphatic imine (C=N–C) groups is 1. The average Bonchev–Trinajstić information content (AvgIpc) is 3.34. The summed E-state index contributed by atoms with van der Waals surface area (Å²) in [5.74, 6) is 0.844. The minimum atomic E-state index is -4.44. The quantitative estimate of drug-likeness (QED) is 0.283. The Morgan fingerprint density at radius 2 is 1.50 bits per heavy atom. The zero-order chi connectivity index (χ0) is 28.3. The topological polar surface area (TPSA) is 18.8 Å². The highest BCUT2D eigenvalue weighted by Gasteiger charge is 2.44. The fourth-order valence-corrected chi connectivity index (χ4v) is 6.73. The van der Waals surface area contributed by atoms with Gasteiger partial charge >= 0.3 is 6.18 Å². The zero-order valence-electron chi connectivity index (χ0n) is 23.8. The molecule has 0 aliphatic carbocycles. The molecule has 6 heteroatoms. The maximum Gasteiger partial charge on any atom is 0.416 e. The van der Waals surface area contributed by atoms with Crippen LogP contribution in [0.25, 0.3) is 0 Å². The number of alkyl halides is 3. The van der Waals surface area contributed by atoms with Crippen molar-refractivity contribution in [3.05, 3.63) is 106 Å². The lowest BCUT2D eigenvalue weighted by Crippen LogP contribution is -2.48. The smallest absolute Gasteiger partial charge is 0.350 e. The number of nitrogens with zero attached hydrogens (tertiary/aromatic N) is 3. The first kappa shape index (κ1) is 28.4. The molecule has 1 fully saturated rings. The van der Waals surface area contributed by atoms with Crippen molar-refractivity contribution >= 4 is 5.84 Å². The van der Waals surface area contributed by atoms with Gasteiger partial charge in [-0.05, 0) is 67.5 Å². The van der Waals surface area contributed by atoms with Crippen LogP contribution in [0.5, 0.6) is 0 Å². The van der Waals surface area contributed by atoms with Crippen molar-refractivity contribution in [2.45, 2.75) is 77.2 Å². The van der Waals surface area contributed by atoms with Crippen molar-refractivity contribution in [2.24, 2.45) is 4.99 Å². The maximum atomic E-state index is 14.3. The van der Waals surface area contributed by atoms with E-state index in [-0.39, 0.29) is 17.6 Å². The van der Waals surface area contributed by atoms with Crippen LogP contribution in [0.15, 0.2) is 77.8 Å². The number of hydrogen-bond donors (Lipinski definition) is 0. The zero-order valence-corrected chi connectivity index (χ0v) is 23.8. The third kappa shape index (κ3) is 5.56. The molecule has 3 atom stereocenters. The Hall–Kier alpha value is -3.12. The van der Waals surface area contributed by atoms with E-state index in [1.165, 1.54) is 28.8 Å². The monoisotopic (exact) mass is 547 g/mol. The lowest BCUT2D eigenvalue weighted by Gasteiger charge is -2.41. The van der Waals surface area contributed by atoms with E-state index in [1.807, 2.05) is 6.07 Å². The Morgan fingerprint density at radius 1 is 0.825 bits per heavy atom. The molecule has 2 aliphatic heterocycles. The minimum absolute atomic E-state index is 0.206. The second-order valence-corrected chi connectivity index (χ2v) is 10.9. The van der Waals surface area contributed by atoms with Gasteiger partial charge < -0.3 is 4.90 Å². The van der Waals surface area contributed by atoms with Crippen LogP contribution in [0.1, 0.15) is 85.5 Å². The third-order valence-corrected chi connectivity index (χ3v) is 8.67. The molecule has 2 heterocycles. The van der Waals surface area contributed by atoms with Crippen LogP contribution in [-0.4, -0.2) is 41.3 Å². The molecule has 1 saturated heterocycles. The second-order valence-electron chi connectivity index (χ2n) is 10.9. The lowest BCUT2D eigenvalue weighted by molar-refractivity contribution is -0.138. The molecular formula is C34H40F3N3. The number of hydrogen-bond acceptors (Lipinski definition) is 3. The summed E-state index contributed by atoms with van der Waals surface area (Å²) in [7, 11) is 0. The van der Waals surface area contributed by atoms with E-state index in [2.05, 4.69) is 73.0 Å². The number of piperidine rings is 1. The molecule has 0 amide bonds. The number of halogens is 3. The molecule has 0 spiro atoms. The van der Waals surface area contributed by atoms with Gasteiger partial charge in [-0.3, -0.25) is 9.89 Å². The normalized spacial score (nSPS) is 22.0. The summed E-state index contributed by atoms with van der Waals surface area (Å²) in [5.41, 5.74) is 4.46. The van der Waals surface area contributed by atoms with Crippen molar-refractivity contribution in [1.82, 2.24) is 9.80 Å². The van der Waals surface area contributed by atoms with Crippen molar-refractivity contribution in [3.63, 3.8) is 0 Å². The first-order chi connectivity index (χ1) is 19.4. The third-order valence-electron chi connectivity index (χ3n) is 8.67. The van der Waals surface area contributed by atoms with Crippen LogP contribution < -0.4 is 0 Å². The van der Waals surface area contributed by atoms with Crippen molar-refractivity contribution < 1.29 is 13.2 Å². The van der Waals surface area contributed by atoms with Crippen LogP contribution in [-0.2, 0) is 19.0 Å². The van der Waals surface area contributed by atoms with E-state index in [9.17, 15) is 13.2 Å². The molecule has 3 unspecified atom stereocenters. The van der Waals surface area contributed by atoms with Crippen LogP contribution in [0, 0.1) is 0 Å². The van der Waals surface area contributed by atoms with Crippen LogP contribution in [0.4, 0.5) is 13.2 Å². The average molecular weight is 548 g/mol. The van der Waals surface area contributed by atoms with Gasteiger partial charge in [0.15, 0.2) is 0 Å². The van der Waals surface area contributed by atoms with Crippen LogP contribution >= 0.6 is 0 Å². The van der Waals surface area contributed by atoms with Gasteiger partial charge in [0.2, 0.25) is 0 Å². The van der Waals surface area contributed by atoms with Gasteiger partial charge in [-0.25, -0.2) is 0 Å². The number of likely N-dealkylation sites (tertiary alicyclic amines) is 1. The highest BCUT2D eigenvalue weighted by Crippen LogP contribution is 2.43. The second kappa shape index (κ2) is 12.2. The Morgan fingerprint density at radius 3 is 2.15 bits per heavy atom. The summed E-state index contributed by atoms with van der Waals surface area (Å²) >= 11 is 0. The summed E-state index contributed by atoms with van der Waals surface area (Å²) in [6.07, 6.45) is 0.554. The highest BCUT2D eigenvalue weighted by molar-refractivity contribution is 6.03. The van der Waals surface area contributed by atoms with Gasteiger partial charge in [0.1, 0.15) is 5.84 Å². The molecule has 0 N–H and O–H groups in total. The molecule has 3 aromatic rings. The Balaban J connectivity index is 1.63. The SMILES string of the molecule is CCc1cccc(CC)c1C1=NC(c2ccccc2C(F)(F)F)C(CN2CCCCC2c2ccccc2)N1CC. The van der Waals surface area contributed by atoms with Gasteiger partial charge in [-0.15, -0.1) is 0 Å². The van der Waals surface area contributed by atoms with E-state index < -0.39 is 17.8 Å². The number of likely N-dealkylation sites (N-methyl/N-ethyl adjacent to an activating group) is 1. The van der Waals surface area contributed by atoms with E-state index in [4.69, 9.17) is 4.99 Å². The van der Waals surface area contributed by atoms with Gasteiger partial charge in [-0.1, -0.05) is 87.0 Å². The van der Waals surface area contributed by atoms with Crippen LogP contribution in [0.3, 0.4) is 0 Å². The standard InChI is InChI=1S/C34H40F3N3/c1-4-24-17-14-18-25(5-2)31(24)33-38-32(27-19-10-11-20-28(27)34(35,36)37)30(40(33)6-3)23-39-22-13-12-21-29(39)26-15-8-7-9-16-26/h7-11,14-20,29-30,32H,4-6,12-13,21-23H2,1-3H3. The molecule has 0 saturated carbocycles. The van der Waals surface area contributed by atoms with Gasteiger partial charge in [0.05, 0.1) is 17.6 Å². The summed E-state index contributed by atoms with van der Waals surface area (Å²) in [6, 6.07) is 22.4. The Bertz CT molecular complexity index is 1300. The number of aryl methyl sites for hydroxylation is 2. The largest absolute Gasteiger partial charge is 0.416 e. The molecule has 0 aromatic heterocycles. The predicted molar refractivity (Wildman–Crippen MR) is 157 cm³/mol. The van der Waals surface area contributed by atoms with Gasteiger partial charge in [0, 0.05) is 24.7 Å². The summed E-state index contributed by atoms with van der Waals surface area (Å²) in [4.78, 5) is 10.0. The van der Waals surface area contributed by atoms with E-state index in [0.717, 1.165) is 50.0 Å². The van der Waals surface area contributed by atoms with E-state index in [0.29, 0.717) is 13.1 Å². The Kier molecular flexibility index (Phi) is 8.65. The van der Waals surface area contributed by atoms with Crippen LogP contribution in [0.2, 0.25) is 0 Å². The Labute approximate surface area is 236 Å². The number of amidine groups is 1. The molecular weight excluding hydrogens is 507 g/mol. The summed E-state index contributed by atoms with van der Waals surface area (Å²) in [5, 5.41) is 0. The van der Waals surface area contributed by atoms with E-state index in [1.54, 1.807) is 12.1 Å². The van der Waals surface area contributed by atoms with Gasteiger partial charge in [0.25, 0.3) is 0 Å². The van der Waals surface area contributed by atoms with Gasteiger partial charge in [-0.2, -0.15) is 13.2 Å². The fraction of sp³-hybridized carbons (Fsp3) is 0.441. The number of rotatable bonds is 8. The maximum absolute atomic E-state index is 14.3. The molecule has 40 heavy (non-hydrogen) atoms. The molecule has 0 bridgehead atoms. The fourth-order valence-electron chi connectivity index (χ4n) is 6.73. The minimum Gasteiger partial charge on any atom is -0.350 e. The first-order valence-electron chi connectivity index (χ1n) is 14.8. The first-order valence-corrected chi connectivity index (χ1v) is 14.8. The summed E-state index contributed by atoms with van der Waals surface area (Å²) < 4.78 is 43.0. The molecule has 5 rings (SSSR count). The molecule has 212 valence electrons. The lowest BCUT2D eigenvalue weighted by atomic mass is 9.91. The van der Waals surface area contributed by atoms with E-state index >= 15 is 0 Å². The van der Waals surface area contributed by atoms with Crippen molar-refractivity contribution in [2.75, 3.05) is 19.6 Å². The summed E-state index contributed by atoms with van der Waals surface area (Å²) in [6.45, 7) is 8.65. The molecule has 3 aromatic carbocycles. The van der Waals surface area contributed by atoms with Crippen molar-refractivity contribution in [1.29, 1.82) is 0 Å². The molecule has 0 radical (unpaired) electrons. The highest BCUT2D eigenvalue weighted by atomic mass is 19.4. The van der Waals surface area contributed by atoms with Crippen molar-refractivity contribution in [3.8, 4) is 0 Å². The molecule has 2 aliphatic rings. The predicted octanol–water partition coefficient (Wildman–Crippen LogP) is 8.25.